The first-order valence-electron chi connectivity index (χ1n) is 4.25. The third kappa shape index (κ3) is 2.20. The molecule has 1 unspecified atom stereocenters. The molecule has 0 aliphatic rings. The van der Waals surface area contributed by atoms with E-state index in [9.17, 15) is 4.79 Å². The van der Waals surface area contributed by atoms with Crippen molar-refractivity contribution in [1.29, 1.82) is 0 Å². The summed E-state index contributed by atoms with van der Waals surface area (Å²) in [5.74, 6) is -0.344. The van der Waals surface area contributed by atoms with Crippen LogP contribution < -0.4 is 5.73 Å². The van der Waals surface area contributed by atoms with E-state index in [0.29, 0.717) is 5.56 Å². The van der Waals surface area contributed by atoms with Crippen molar-refractivity contribution in [1.82, 2.24) is 0 Å². The number of carbonyl (C=O) groups excluding carboxylic acids is 1. The quantitative estimate of drug-likeness (QED) is 0.584. The van der Waals surface area contributed by atoms with E-state index in [2.05, 4.69) is 11.3 Å². The van der Waals surface area contributed by atoms with Gasteiger partial charge < -0.3 is 10.5 Å². The summed E-state index contributed by atoms with van der Waals surface area (Å²) in [6.07, 6.45) is 1.65. The monoisotopic (exact) mass is 191 g/mol. The van der Waals surface area contributed by atoms with Crippen molar-refractivity contribution in [2.24, 2.45) is 5.73 Å². The van der Waals surface area contributed by atoms with Gasteiger partial charge in [0.05, 0.1) is 12.7 Å². The molecule has 1 atom stereocenters. The summed E-state index contributed by atoms with van der Waals surface area (Å²) in [5, 5.41) is 0. The number of ether oxygens (including phenoxy) is 1. The number of hydrogen-bond donors (Lipinski definition) is 1. The number of carbonyl (C=O) groups is 1. The van der Waals surface area contributed by atoms with Gasteiger partial charge in [-0.15, -0.1) is 6.58 Å². The largest absolute Gasteiger partial charge is 0.465 e. The highest BCUT2D eigenvalue weighted by molar-refractivity contribution is 5.89. The van der Waals surface area contributed by atoms with Crippen LogP contribution in [0.3, 0.4) is 0 Å². The molecule has 0 bridgehead atoms. The minimum absolute atomic E-state index is 0.193. The van der Waals surface area contributed by atoms with Gasteiger partial charge in [-0.25, -0.2) is 4.79 Å². The molecule has 0 spiro atoms. The molecule has 14 heavy (non-hydrogen) atoms. The van der Waals surface area contributed by atoms with Crippen LogP contribution in [0, 0.1) is 0 Å². The lowest BCUT2D eigenvalue weighted by molar-refractivity contribution is 0.0600. The van der Waals surface area contributed by atoms with Crippen LogP contribution in [-0.4, -0.2) is 13.1 Å². The van der Waals surface area contributed by atoms with Crippen LogP contribution in [0.15, 0.2) is 36.9 Å². The van der Waals surface area contributed by atoms with Gasteiger partial charge in [0.15, 0.2) is 0 Å². The first-order valence-corrected chi connectivity index (χ1v) is 4.25. The standard InChI is InChI=1S/C11H13NO2/c1-3-10(12)8-4-6-9(7-5-8)11(13)14-2/h3-7,10H,1,12H2,2H3. The number of nitrogens with two attached hydrogens (primary N) is 1. The van der Waals surface area contributed by atoms with Crippen molar-refractivity contribution in [3.8, 4) is 0 Å². The Bertz CT molecular complexity index is 330. The zero-order valence-corrected chi connectivity index (χ0v) is 8.07. The van der Waals surface area contributed by atoms with E-state index >= 15 is 0 Å². The van der Waals surface area contributed by atoms with Gasteiger partial charge in [-0.05, 0) is 17.7 Å². The van der Waals surface area contributed by atoms with Crippen LogP contribution in [0.1, 0.15) is 22.0 Å². The van der Waals surface area contributed by atoms with E-state index in [0.717, 1.165) is 5.56 Å². The third-order valence-electron chi connectivity index (χ3n) is 1.97. The fourth-order valence-electron chi connectivity index (χ4n) is 1.10. The van der Waals surface area contributed by atoms with Gasteiger partial charge in [0.1, 0.15) is 0 Å². The number of hydrogen-bond acceptors (Lipinski definition) is 3. The Balaban J connectivity index is 2.88. The average molecular weight is 191 g/mol. The van der Waals surface area contributed by atoms with Crippen molar-refractivity contribution < 1.29 is 9.53 Å². The van der Waals surface area contributed by atoms with Crippen LogP contribution in [0.2, 0.25) is 0 Å². The summed E-state index contributed by atoms with van der Waals surface area (Å²) < 4.78 is 4.57. The zero-order chi connectivity index (χ0) is 10.6. The molecule has 0 fully saturated rings. The molecular weight excluding hydrogens is 178 g/mol. The van der Waals surface area contributed by atoms with E-state index < -0.39 is 0 Å². The van der Waals surface area contributed by atoms with Gasteiger partial charge in [-0.3, -0.25) is 0 Å². The molecule has 3 heteroatoms. The molecule has 0 aromatic heterocycles. The van der Waals surface area contributed by atoms with Crippen molar-refractivity contribution in [3.05, 3.63) is 48.0 Å². The summed E-state index contributed by atoms with van der Waals surface area (Å²) in [6.45, 7) is 3.59. The molecule has 0 aliphatic carbocycles. The molecule has 0 heterocycles. The molecule has 0 aliphatic heterocycles. The maximum Gasteiger partial charge on any atom is 0.337 e. The molecule has 2 N–H and O–H groups in total. The number of methoxy groups -OCH3 is 1. The van der Waals surface area contributed by atoms with Gasteiger partial charge in [-0.2, -0.15) is 0 Å². The SMILES string of the molecule is C=CC(N)c1ccc(C(=O)OC)cc1. The van der Waals surface area contributed by atoms with Crippen LogP contribution >= 0.6 is 0 Å². The number of rotatable bonds is 3. The predicted octanol–water partition coefficient (Wildman–Crippen LogP) is 1.66. The van der Waals surface area contributed by atoms with E-state index in [-0.39, 0.29) is 12.0 Å². The molecule has 1 aromatic carbocycles. The molecule has 3 nitrogen and oxygen atoms in total. The smallest absolute Gasteiger partial charge is 0.337 e. The van der Waals surface area contributed by atoms with Crippen LogP contribution in [-0.2, 0) is 4.74 Å². The third-order valence-corrected chi connectivity index (χ3v) is 1.97. The fourth-order valence-corrected chi connectivity index (χ4v) is 1.10. The Morgan fingerprint density at radius 1 is 1.50 bits per heavy atom. The van der Waals surface area contributed by atoms with E-state index in [4.69, 9.17) is 5.73 Å². The lowest BCUT2D eigenvalue weighted by Gasteiger charge is -2.06. The molecule has 0 saturated heterocycles. The van der Waals surface area contributed by atoms with Crippen molar-refractivity contribution in [2.75, 3.05) is 7.11 Å². The second-order valence-corrected chi connectivity index (χ2v) is 2.88. The summed E-state index contributed by atoms with van der Waals surface area (Å²) in [7, 11) is 1.35. The Hall–Kier alpha value is -1.61. The van der Waals surface area contributed by atoms with E-state index in [1.165, 1.54) is 7.11 Å². The maximum atomic E-state index is 11.1. The molecule has 0 radical (unpaired) electrons. The van der Waals surface area contributed by atoms with Crippen LogP contribution in [0.4, 0.5) is 0 Å². The lowest BCUT2D eigenvalue weighted by atomic mass is 10.1. The van der Waals surface area contributed by atoms with Gasteiger partial charge in [0.25, 0.3) is 0 Å². The second kappa shape index (κ2) is 4.58. The molecule has 0 amide bonds. The Morgan fingerprint density at radius 2 is 2.07 bits per heavy atom. The molecule has 1 aromatic rings. The first-order chi connectivity index (χ1) is 6.69. The van der Waals surface area contributed by atoms with Crippen molar-refractivity contribution >= 4 is 5.97 Å². The Kier molecular flexibility index (Phi) is 3.42. The summed E-state index contributed by atoms with van der Waals surface area (Å²) >= 11 is 0. The molecule has 74 valence electrons. The highest BCUT2D eigenvalue weighted by Gasteiger charge is 2.06. The highest BCUT2D eigenvalue weighted by atomic mass is 16.5. The van der Waals surface area contributed by atoms with E-state index in [1.807, 2.05) is 0 Å². The van der Waals surface area contributed by atoms with Crippen LogP contribution in [0.5, 0.6) is 0 Å². The van der Waals surface area contributed by atoms with Gasteiger partial charge >= 0.3 is 5.97 Å². The minimum atomic E-state index is -0.344. The van der Waals surface area contributed by atoms with Gasteiger partial charge in [-0.1, -0.05) is 18.2 Å². The number of benzene rings is 1. The molecule has 1 rings (SSSR count). The summed E-state index contributed by atoms with van der Waals surface area (Å²) in [4.78, 5) is 11.1. The average Bonchev–Trinajstić information content (AvgIpc) is 2.27. The van der Waals surface area contributed by atoms with Gasteiger partial charge in [0, 0.05) is 6.04 Å². The Labute approximate surface area is 83.2 Å². The van der Waals surface area contributed by atoms with Crippen molar-refractivity contribution in [2.45, 2.75) is 6.04 Å². The number of esters is 1. The van der Waals surface area contributed by atoms with E-state index in [1.54, 1.807) is 30.3 Å². The normalized spacial score (nSPS) is 11.9. The van der Waals surface area contributed by atoms with Gasteiger partial charge in [0.2, 0.25) is 0 Å². The molecule has 0 saturated carbocycles. The summed E-state index contributed by atoms with van der Waals surface area (Å²) in [6, 6.07) is 6.76. The predicted molar refractivity (Wildman–Crippen MR) is 54.9 cm³/mol. The highest BCUT2D eigenvalue weighted by Crippen LogP contribution is 2.12. The zero-order valence-electron chi connectivity index (χ0n) is 8.07. The topological polar surface area (TPSA) is 52.3 Å². The lowest BCUT2D eigenvalue weighted by Crippen LogP contribution is -2.07. The molecular formula is C11H13NO2. The fraction of sp³-hybridized carbons (Fsp3) is 0.182. The van der Waals surface area contributed by atoms with Crippen molar-refractivity contribution in [3.63, 3.8) is 0 Å². The minimum Gasteiger partial charge on any atom is -0.465 e. The maximum absolute atomic E-state index is 11.1. The summed E-state index contributed by atoms with van der Waals surface area (Å²) in [5.41, 5.74) is 7.16. The van der Waals surface area contributed by atoms with Crippen LogP contribution in [0.25, 0.3) is 0 Å². The first kappa shape index (κ1) is 10.5. The Morgan fingerprint density at radius 3 is 2.50 bits per heavy atom. The second-order valence-electron chi connectivity index (χ2n) is 2.88.